The molecule has 3 heteroatoms. The van der Waals surface area contributed by atoms with Gasteiger partial charge >= 0.3 is 0 Å². The van der Waals surface area contributed by atoms with E-state index < -0.39 is 0 Å². The van der Waals surface area contributed by atoms with Crippen LogP contribution >= 0.6 is 0 Å². The standard InChI is InChI=1S/C14H26N2O/c1-13(12-16-7-3-4-8-16)10-15-11-14-6-2-5-9-17-14/h5,9,13-15H,2-4,6-8,10-12H2,1H3. The third kappa shape index (κ3) is 4.68. The second-order valence-corrected chi connectivity index (χ2v) is 5.48. The van der Waals surface area contributed by atoms with Gasteiger partial charge < -0.3 is 15.0 Å². The zero-order chi connectivity index (χ0) is 11.9. The second-order valence-electron chi connectivity index (χ2n) is 5.48. The minimum absolute atomic E-state index is 0.388. The summed E-state index contributed by atoms with van der Waals surface area (Å²) in [6.07, 6.45) is 9.44. The van der Waals surface area contributed by atoms with Crippen LogP contribution in [0.1, 0.15) is 32.6 Å². The molecule has 0 saturated carbocycles. The number of rotatable bonds is 6. The van der Waals surface area contributed by atoms with Crippen molar-refractivity contribution < 1.29 is 4.74 Å². The number of nitrogens with one attached hydrogen (secondary N) is 1. The number of likely N-dealkylation sites (tertiary alicyclic amines) is 1. The van der Waals surface area contributed by atoms with Gasteiger partial charge in [-0.1, -0.05) is 6.92 Å². The molecule has 2 atom stereocenters. The molecule has 0 aromatic rings. The largest absolute Gasteiger partial charge is 0.497 e. The second kappa shape index (κ2) is 7.02. The van der Waals surface area contributed by atoms with Gasteiger partial charge in [0.15, 0.2) is 0 Å². The van der Waals surface area contributed by atoms with Gasteiger partial charge in [0.05, 0.1) is 6.26 Å². The van der Waals surface area contributed by atoms with Crippen LogP contribution in [0.2, 0.25) is 0 Å². The zero-order valence-electron chi connectivity index (χ0n) is 11.0. The SMILES string of the molecule is CC(CNCC1CCC=CO1)CN1CCCC1. The number of nitrogens with zero attached hydrogens (tertiary/aromatic N) is 1. The molecular formula is C14H26N2O. The van der Waals surface area contributed by atoms with Crippen LogP contribution < -0.4 is 5.32 Å². The fourth-order valence-corrected chi connectivity index (χ4v) is 2.70. The van der Waals surface area contributed by atoms with E-state index in [2.05, 4.69) is 23.2 Å². The molecule has 2 aliphatic heterocycles. The molecule has 0 aromatic carbocycles. The lowest BCUT2D eigenvalue weighted by atomic mass is 10.1. The lowest BCUT2D eigenvalue weighted by molar-refractivity contribution is 0.121. The molecule has 2 unspecified atom stereocenters. The lowest BCUT2D eigenvalue weighted by Crippen LogP contribution is -2.35. The normalized spacial score (nSPS) is 27.0. The van der Waals surface area contributed by atoms with E-state index in [0.29, 0.717) is 6.10 Å². The summed E-state index contributed by atoms with van der Waals surface area (Å²) >= 11 is 0. The van der Waals surface area contributed by atoms with E-state index in [-0.39, 0.29) is 0 Å². The van der Waals surface area contributed by atoms with Gasteiger partial charge in [0.25, 0.3) is 0 Å². The Kier molecular flexibility index (Phi) is 5.33. The topological polar surface area (TPSA) is 24.5 Å². The summed E-state index contributed by atoms with van der Waals surface area (Å²) in [5.74, 6) is 0.743. The van der Waals surface area contributed by atoms with Crippen molar-refractivity contribution in [3.05, 3.63) is 12.3 Å². The van der Waals surface area contributed by atoms with Gasteiger partial charge in [0.1, 0.15) is 6.10 Å². The van der Waals surface area contributed by atoms with Gasteiger partial charge in [-0.3, -0.25) is 0 Å². The van der Waals surface area contributed by atoms with Crippen LogP contribution in [0.5, 0.6) is 0 Å². The molecule has 2 heterocycles. The summed E-state index contributed by atoms with van der Waals surface area (Å²) < 4.78 is 5.54. The predicted molar refractivity (Wildman–Crippen MR) is 71.0 cm³/mol. The highest BCUT2D eigenvalue weighted by Gasteiger charge is 2.15. The Morgan fingerprint density at radius 3 is 2.94 bits per heavy atom. The van der Waals surface area contributed by atoms with Crippen molar-refractivity contribution in [3.63, 3.8) is 0 Å². The molecule has 0 amide bonds. The summed E-state index contributed by atoms with van der Waals surface area (Å²) in [6.45, 7) is 8.31. The highest BCUT2D eigenvalue weighted by Crippen LogP contribution is 2.11. The van der Waals surface area contributed by atoms with E-state index in [1.54, 1.807) is 0 Å². The van der Waals surface area contributed by atoms with E-state index in [1.807, 2.05) is 6.26 Å². The van der Waals surface area contributed by atoms with Gasteiger partial charge in [-0.05, 0) is 57.3 Å². The Morgan fingerprint density at radius 1 is 1.41 bits per heavy atom. The van der Waals surface area contributed by atoms with Crippen LogP contribution in [0.25, 0.3) is 0 Å². The minimum Gasteiger partial charge on any atom is -0.497 e. The fourth-order valence-electron chi connectivity index (χ4n) is 2.70. The summed E-state index contributed by atoms with van der Waals surface area (Å²) in [5, 5.41) is 3.54. The molecular weight excluding hydrogens is 212 g/mol. The monoisotopic (exact) mass is 238 g/mol. The van der Waals surface area contributed by atoms with Gasteiger partial charge in [0.2, 0.25) is 0 Å². The van der Waals surface area contributed by atoms with Crippen molar-refractivity contribution in [2.75, 3.05) is 32.7 Å². The Hall–Kier alpha value is -0.540. The van der Waals surface area contributed by atoms with Crippen molar-refractivity contribution >= 4 is 0 Å². The third-order valence-corrected chi connectivity index (χ3v) is 3.66. The van der Waals surface area contributed by atoms with Gasteiger partial charge in [-0.2, -0.15) is 0 Å². The fraction of sp³-hybridized carbons (Fsp3) is 0.857. The molecule has 1 fully saturated rings. The Bertz CT molecular complexity index is 236. The van der Waals surface area contributed by atoms with E-state index in [0.717, 1.165) is 31.8 Å². The molecule has 0 aromatic heterocycles. The van der Waals surface area contributed by atoms with E-state index in [1.165, 1.54) is 32.5 Å². The smallest absolute Gasteiger partial charge is 0.110 e. The molecule has 0 bridgehead atoms. The lowest BCUT2D eigenvalue weighted by Gasteiger charge is -2.23. The van der Waals surface area contributed by atoms with Crippen LogP contribution in [-0.2, 0) is 4.74 Å². The number of hydrogen-bond donors (Lipinski definition) is 1. The maximum atomic E-state index is 5.54. The molecule has 17 heavy (non-hydrogen) atoms. The number of ether oxygens (including phenoxy) is 1. The molecule has 2 rings (SSSR count). The third-order valence-electron chi connectivity index (χ3n) is 3.66. The highest BCUT2D eigenvalue weighted by atomic mass is 16.5. The van der Waals surface area contributed by atoms with Crippen molar-refractivity contribution in [2.24, 2.45) is 5.92 Å². The van der Waals surface area contributed by atoms with Crippen molar-refractivity contribution in [1.29, 1.82) is 0 Å². The molecule has 0 spiro atoms. The summed E-state index contributed by atoms with van der Waals surface area (Å²) in [5.41, 5.74) is 0. The van der Waals surface area contributed by atoms with E-state index >= 15 is 0 Å². The summed E-state index contributed by atoms with van der Waals surface area (Å²) in [6, 6.07) is 0. The van der Waals surface area contributed by atoms with Crippen LogP contribution in [-0.4, -0.2) is 43.7 Å². The molecule has 2 aliphatic rings. The molecule has 0 radical (unpaired) electrons. The molecule has 1 saturated heterocycles. The first-order valence-electron chi connectivity index (χ1n) is 7.08. The van der Waals surface area contributed by atoms with Crippen molar-refractivity contribution in [1.82, 2.24) is 10.2 Å². The highest BCUT2D eigenvalue weighted by molar-refractivity contribution is 4.83. The average Bonchev–Trinajstić information content (AvgIpc) is 2.83. The quantitative estimate of drug-likeness (QED) is 0.766. The Labute approximate surface area is 105 Å². The zero-order valence-corrected chi connectivity index (χ0v) is 11.0. The number of hydrogen-bond acceptors (Lipinski definition) is 3. The Balaban J connectivity index is 1.53. The Morgan fingerprint density at radius 2 is 2.24 bits per heavy atom. The van der Waals surface area contributed by atoms with Crippen LogP contribution in [0, 0.1) is 5.92 Å². The molecule has 3 nitrogen and oxygen atoms in total. The first-order chi connectivity index (χ1) is 8.34. The summed E-state index contributed by atoms with van der Waals surface area (Å²) in [4.78, 5) is 2.59. The van der Waals surface area contributed by atoms with Gasteiger partial charge in [-0.15, -0.1) is 0 Å². The first-order valence-corrected chi connectivity index (χ1v) is 7.08. The molecule has 1 N–H and O–H groups in total. The average molecular weight is 238 g/mol. The number of allylic oxidation sites excluding steroid dienone is 1. The van der Waals surface area contributed by atoms with E-state index in [9.17, 15) is 0 Å². The van der Waals surface area contributed by atoms with Crippen LogP contribution in [0.4, 0.5) is 0 Å². The summed E-state index contributed by atoms with van der Waals surface area (Å²) in [7, 11) is 0. The van der Waals surface area contributed by atoms with Gasteiger partial charge in [0, 0.05) is 13.1 Å². The molecule has 98 valence electrons. The van der Waals surface area contributed by atoms with Gasteiger partial charge in [-0.25, -0.2) is 0 Å². The van der Waals surface area contributed by atoms with Crippen molar-refractivity contribution in [2.45, 2.75) is 38.7 Å². The van der Waals surface area contributed by atoms with Crippen molar-refractivity contribution in [3.8, 4) is 0 Å². The predicted octanol–water partition coefficient (Wildman–Crippen LogP) is 2.00. The van der Waals surface area contributed by atoms with E-state index in [4.69, 9.17) is 4.74 Å². The minimum atomic E-state index is 0.388. The van der Waals surface area contributed by atoms with Crippen LogP contribution in [0.15, 0.2) is 12.3 Å². The van der Waals surface area contributed by atoms with Crippen LogP contribution in [0.3, 0.4) is 0 Å². The first kappa shape index (κ1) is 12.9. The maximum absolute atomic E-state index is 5.54. The molecule has 0 aliphatic carbocycles. The maximum Gasteiger partial charge on any atom is 0.110 e.